The van der Waals surface area contributed by atoms with Crippen molar-refractivity contribution in [3.63, 3.8) is 0 Å². The van der Waals surface area contributed by atoms with Crippen LogP contribution in [0.5, 0.6) is 0 Å². The van der Waals surface area contributed by atoms with Crippen molar-refractivity contribution in [3.8, 4) is 0 Å². The molecule has 1 fully saturated rings. The van der Waals surface area contributed by atoms with Crippen LogP contribution in [0.25, 0.3) is 0 Å². The molecule has 0 radical (unpaired) electrons. The number of hydrogen-bond donors (Lipinski definition) is 1. The minimum absolute atomic E-state index is 0.109. The predicted molar refractivity (Wildman–Crippen MR) is 78.9 cm³/mol. The minimum Gasteiger partial charge on any atom is -0.467 e. The third kappa shape index (κ3) is 4.31. The highest BCUT2D eigenvalue weighted by atomic mass is 32.2. The smallest absolute Gasteiger partial charge is 0.224 e. The molecule has 21 heavy (non-hydrogen) atoms. The average Bonchev–Trinajstić information content (AvgIpc) is 2.98. The fourth-order valence-electron chi connectivity index (χ4n) is 2.53. The van der Waals surface area contributed by atoms with Gasteiger partial charge in [0.05, 0.1) is 24.5 Å². The normalized spacial score (nSPS) is 20.3. The van der Waals surface area contributed by atoms with E-state index in [0.717, 1.165) is 12.8 Å². The standard InChI is InChI=1S/C14H22N2O4S/c1-2-9-21(18,19)16-7-3-5-12(11-16)14(17)15-10-13-6-4-8-20-13/h4,6,8,12H,2-3,5,7,9-11H2,1H3,(H,15,17)/t12-/m0/s1. The Balaban J connectivity index is 1.89. The molecule has 0 aromatic carbocycles. The Morgan fingerprint density at radius 1 is 1.52 bits per heavy atom. The topological polar surface area (TPSA) is 79.6 Å². The second-order valence-electron chi connectivity index (χ2n) is 5.31. The Labute approximate surface area is 125 Å². The third-order valence-electron chi connectivity index (χ3n) is 3.63. The van der Waals surface area contributed by atoms with Gasteiger partial charge in [-0.1, -0.05) is 6.92 Å². The molecule has 118 valence electrons. The van der Waals surface area contributed by atoms with Crippen LogP contribution in [-0.2, 0) is 21.4 Å². The highest BCUT2D eigenvalue weighted by Crippen LogP contribution is 2.20. The van der Waals surface area contributed by atoms with Crippen molar-refractivity contribution in [2.75, 3.05) is 18.8 Å². The number of hydrogen-bond acceptors (Lipinski definition) is 4. The first-order valence-corrected chi connectivity index (χ1v) is 8.91. The number of nitrogens with one attached hydrogen (secondary N) is 1. The van der Waals surface area contributed by atoms with Crippen molar-refractivity contribution in [2.24, 2.45) is 5.92 Å². The van der Waals surface area contributed by atoms with Crippen molar-refractivity contribution in [1.29, 1.82) is 0 Å². The van der Waals surface area contributed by atoms with Gasteiger partial charge in [0.2, 0.25) is 15.9 Å². The summed E-state index contributed by atoms with van der Waals surface area (Å²) in [6, 6.07) is 3.56. The summed E-state index contributed by atoms with van der Waals surface area (Å²) in [5.41, 5.74) is 0. The van der Waals surface area contributed by atoms with E-state index >= 15 is 0 Å². The summed E-state index contributed by atoms with van der Waals surface area (Å²) in [5.74, 6) is 0.450. The maximum atomic E-state index is 12.1. The van der Waals surface area contributed by atoms with Gasteiger partial charge in [-0.25, -0.2) is 12.7 Å². The van der Waals surface area contributed by atoms with Crippen molar-refractivity contribution in [1.82, 2.24) is 9.62 Å². The van der Waals surface area contributed by atoms with Gasteiger partial charge in [-0.3, -0.25) is 4.79 Å². The summed E-state index contributed by atoms with van der Waals surface area (Å²) in [5, 5.41) is 2.80. The molecule has 1 aromatic rings. The Kier molecular flexibility index (Phi) is 5.41. The Morgan fingerprint density at radius 2 is 2.33 bits per heavy atom. The summed E-state index contributed by atoms with van der Waals surface area (Å²) >= 11 is 0. The van der Waals surface area contributed by atoms with Crippen LogP contribution >= 0.6 is 0 Å². The van der Waals surface area contributed by atoms with Crippen molar-refractivity contribution >= 4 is 15.9 Å². The van der Waals surface area contributed by atoms with E-state index in [1.54, 1.807) is 18.4 Å². The van der Waals surface area contributed by atoms with Crippen LogP contribution in [0.1, 0.15) is 31.9 Å². The van der Waals surface area contributed by atoms with E-state index in [1.165, 1.54) is 4.31 Å². The van der Waals surface area contributed by atoms with Gasteiger partial charge >= 0.3 is 0 Å². The molecule has 2 rings (SSSR count). The Bertz CT molecular complexity index is 554. The van der Waals surface area contributed by atoms with Crippen molar-refractivity contribution in [3.05, 3.63) is 24.2 Å². The first-order valence-electron chi connectivity index (χ1n) is 7.31. The van der Waals surface area contributed by atoms with E-state index in [9.17, 15) is 13.2 Å². The van der Waals surface area contributed by atoms with Crippen molar-refractivity contribution in [2.45, 2.75) is 32.7 Å². The summed E-state index contributed by atoms with van der Waals surface area (Å²) in [7, 11) is -3.22. The first-order chi connectivity index (χ1) is 10.0. The first kappa shape index (κ1) is 16.0. The number of sulfonamides is 1. The summed E-state index contributed by atoms with van der Waals surface area (Å²) < 4.78 is 30.8. The Hall–Kier alpha value is -1.34. The molecule has 0 unspecified atom stereocenters. The number of nitrogens with zero attached hydrogens (tertiary/aromatic N) is 1. The second-order valence-corrected chi connectivity index (χ2v) is 7.40. The molecule has 0 saturated carbocycles. The summed E-state index contributed by atoms with van der Waals surface area (Å²) in [6.45, 7) is 2.98. The second kappa shape index (κ2) is 7.09. The van der Waals surface area contributed by atoms with E-state index in [-0.39, 0.29) is 24.1 Å². The van der Waals surface area contributed by atoms with Crippen molar-refractivity contribution < 1.29 is 17.6 Å². The number of piperidine rings is 1. The van der Waals surface area contributed by atoms with Crippen LogP contribution in [0.2, 0.25) is 0 Å². The molecule has 0 aliphatic carbocycles. The predicted octanol–water partition coefficient (Wildman–Crippen LogP) is 1.35. The van der Waals surface area contributed by atoms with Crippen LogP contribution in [-0.4, -0.2) is 37.5 Å². The number of amides is 1. The molecule has 1 N–H and O–H groups in total. The molecule has 1 aliphatic rings. The lowest BCUT2D eigenvalue weighted by atomic mass is 9.99. The monoisotopic (exact) mass is 314 g/mol. The Morgan fingerprint density at radius 3 is 3.00 bits per heavy atom. The van der Waals surface area contributed by atoms with Gasteiger partial charge in [0, 0.05) is 13.1 Å². The molecule has 1 amide bonds. The van der Waals surface area contributed by atoms with E-state index in [1.807, 2.05) is 6.92 Å². The lowest BCUT2D eigenvalue weighted by Gasteiger charge is -2.31. The fraction of sp³-hybridized carbons (Fsp3) is 0.643. The molecular formula is C14H22N2O4S. The number of furan rings is 1. The van der Waals surface area contributed by atoms with Crippen LogP contribution < -0.4 is 5.32 Å². The van der Waals surface area contributed by atoms with E-state index in [2.05, 4.69) is 5.32 Å². The van der Waals surface area contributed by atoms with Crippen LogP contribution in [0.15, 0.2) is 22.8 Å². The maximum absolute atomic E-state index is 12.1. The molecule has 1 atom stereocenters. The SMILES string of the molecule is CCCS(=O)(=O)N1CCC[C@H](C(=O)NCc2ccco2)C1. The maximum Gasteiger partial charge on any atom is 0.224 e. The van der Waals surface area contributed by atoms with E-state index in [0.29, 0.717) is 25.3 Å². The number of carbonyl (C=O) groups excluding carboxylic acids is 1. The zero-order chi connectivity index (χ0) is 15.3. The van der Waals surface area contributed by atoms with Gasteiger partial charge in [0.1, 0.15) is 5.76 Å². The van der Waals surface area contributed by atoms with Gasteiger partial charge < -0.3 is 9.73 Å². The summed E-state index contributed by atoms with van der Waals surface area (Å²) in [4.78, 5) is 12.1. The van der Waals surface area contributed by atoms with Gasteiger partial charge in [0.25, 0.3) is 0 Å². The van der Waals surface area contributed by atoms with E-state index < -0.39 is 10.0 Å². The number of rotatable bonds is 6. The molecule has 7 heteroatoms. The lowest BCUT2D eigenvalue weighted by Crippen LogP contribution is -2.45. The third-order valence-corrected chi connectivity index (χ3v) is 5.67. The molecule has 1 aliphatic heterocycles. The molecule has 2 heterocycles. The van der Waals surface area contributed by atoms with Gasteiger partial charge in [-0.15, -0.1) is 0 Å². The molecular weight excluding hydrogens is 292 g/mol. The zero-order valence-electron chi connectivity index (χ0n) is 12.2. The lowest BCUT2D eigenvalue weighted by molar-refractivity contribution is -0.126. The molecule has 1 saturated heterocycles. The van der Waals surface area contributed by atoms with Gasteiger partial charge in [0.15, 0.2) is 0 Å². The number of carbonyl (C=O) groups is 1. The molecule has 0 spiro atoms. The van der Waals surface area contributed by atoms with Gasteiger partial charge in [-0.2, -0.15) is 0 Å². The van der Waals surface area contributed by atoms with Crippen LogP contribution in [0.3, 0.4) is 0 Å². The van der Waals surface area contributed by atoms with Crippen LogP contribution in [0.4, 0.5) is 0 Å². The van der Waals surface area contributed by atoms with E-state index in [4.69, 9.17) is 4.42 Å². The quantitative estimate of drug-likeness (QED) is 0.859. The summed E-state index contributed by atoms with van der Waals surface area (Å²) in [6.07, 6.45) is 3.60. The molecule has 6 nitrogen and oxygen atoms in total. The zero-order valence-corrected chi connectivity index (χ0v) is 13.1. The minimum atomic E-state index is -3.22. The highest BCUT2D eigenvalue weighted by Gasteiger charge is 2.31. The molecule has 0 bridgehead atoms. The highest BCUT2D eigenvalue weighted by molar-refractivity contribution is 7.89. The molecule has 1 aromatic heterocycles. The average molecular weight is 314 g/mol. The van der Waals surface area contributed by atoms with Gasteiger partial charge in [-0.05, 0) is 31.4 Å². The van der Waals surface area contributed by atoms with Crippen LogP contribution in [0, 0.1) is 5.92 Å². The fourth-order valence-corrected chi connectivity index (χ4v) is 4.12. The largest absolute Gasteiger partial charge is 0.467 e.